The zero-order chi connectivity index (χ0) is 8.53. The summed E-state index contributed by atoms with van der Waals surface area (Å²) < 4.78 is 15.3. The molecule has 0 aromatic carbocycles. The molecule has 0 saturated heterocycles. The van der Waals surface area contributed by atoms with Crippen LogP contribution >= 0.6 is 0 Å². The van der Waals surface area contributed by atoms with Gasteiger partial charge in [0.1, 0.15) is 0 Å². The van der Waals surface area contributed by atoms with Crippen molar-refractivity contribution in [1.29, 1.82) is 0 Å². The fourth-order valence-corrected chi connectivity index (χ4v) is 1.51. The summed E-state index contributed by atoms with van der Waals surface area (Å²) >= 11 is 0. The Hall–Kier alpha value is 0.0969. The molecule has 0 saturated carbocycles. The quantitative estimate of drug-likeness (QED) is 0.323. The van der Waals surface area contributed by atoms with E-state index in [-0.39, 0.29) is 16.1 Å². The van der Waals surface area contributed by atoms with E-state index in [1.807, 2.05) is 0 Å². The Morgan fingerprint density at radius 1 is 1.27 bits per heavy atom. The van der Waals surface area contributed by atoms with Gasteiger partial charge in [0.05, 0.1) is 6.61 Å². The molecule has 11 heavy (non-hydrogen) atoms. The monoisotopic (exact) mass is 178 g/mol. The standard InChI is InChI=1S/C7H18O3Si/c1-4-5-11-10-6-7(8-2)9-3/h7H,4-6,11H2,1-3H3. The number of rotatable bonds is 7. The highest BCUT2D eigenvalue weighted by Crippen LogP contribution is 1.93. The molecule has 0 aliphatic rings. The zero-order valence-corrected chi connectivity index (χ0v) is 9.04. The molecule has 0 aliphatic heterocycles. The van der Waals surface area contributed by atoms with Crippen molar-refractivity contribution in [3.05, 3.63) is 0 Å². The summed E-state index contributed by atoms with van der Waals surface area (Å²) in [6, 6.07) is 1.24. The van der Waals surface area contributed by atoms with Crippen LogP contribution in [0.1, 0.15) is 13.3 Å². The van der Waals surface area contributed by atoms with E-state index in [1.54, 1.807) is 14.2 Å². The number of hydrogen-bond acceptors (Lipinski definition) is 3. The van der Waals surface area contributed by atoms with Gasteiger partial charge in [-0.05, 0) is 6.04 Å². The SMILES string of the molecule is CCC[SiH2]OCC(OC)OC. The van der Waals surface area contributed by atoms with E-state index in [1.165, 1.54) is 12.5 Å². The van der Waals surface area contributed by atoms with Crippen LogP contribution in [0.3, 0.4) is 0 Å². The first-order valence-electron chi connectivity index (χ1n) is 3.98. The van der Waals surface area contributed by atoms with Crippen LogP contribution in [0.15, 0.2) is 0 Å². The average Bonchev–Trinajstić information content (AvgIpc) is 2.05. The van der Waals surface area contributed by atoms with Crippen molar-refractivity contribution >= 4 is 9.76 Å². The Morgan fingerprint density at radius 3 is 2.36 bits per heavy atom. The van der Waals surface area contributed by atoms with Gasteiger partial charge in [0.2, 0.25) is 0 Å². The van der Waals surface area contributed by atoms with Crippen molar-refractivity contribution in [2.75, 3.05) is 20.8 Å². The summed E-state index contributed by atoms with van der Waals surface area (Å²) in [7, 11) is 2.94. The van der Waals surface area contributed by atoms with Crippen molar-refractivity contribution in [2.45, 2.75) is 25.7 Å². The molecule has 0 unspecified atom stereocenters. The van der Waals surface area contributed by atoms with Crippen molar-refractivity contribution in [2.24, 2.45) is 0 Å². The molecule has 0 bridgehead atoms. The lowest BCUT2D eigenvalue weighted by Crippen LogP contribution is -2.21. The lowest BCUT2D eigenvalue weighted by atomic mass is 10.6. The Balaban J connectivity index is 3.07. The van der Waals surface area contributed by atoms with Crippen LogP contribution in [0.25, 0.3) is 0 Å². The van der Waals surface area contributed by atoms with Crippen molar-refractivity contribution in [3.63, 3.8) is 0 Å². The lowest BCUT2D eigenvalue weighted by Gasteiger charge is -2.12. The van der Waals surface area contributed by atoms with Gasteiger partial charge >= 0.3 is 0 Å². The highest BCUT2D eigenvalue weighted by Gasteiger charge is 2.02. The van der Waals surface area contributed by atoms with Crippen LogP contribution in [0.5, 0.6) is 0 Å². The van der Waals surface area contributed by atoms with Crippen LogP contribution in [0, 0.1) is 0 Å². The fraction of sp³-hybridized carbons (Fsp3) is 1.00. The van der Waals surface area contributed by atoms with Crippen molar-refractivity contribution < 1.29 is 13.9 Å². The Morgan fingerprint density at radius 2 is 1.91 bits per heavy atom. The van der Waals surface area contributed by atoms with Gasteiger partial charge in [-0.25, -0.2) is 0 Å². The first-order valence-corrected chi connectivity index (χ1v) is 5.56. The third kappa shape index (κ3) is 6.49. The van der Waals surface area contributed by atoms with Crippen LogP contribution in [-0.4, -0.2) is 36.9 Å². The predicted molar refractivity (Wildman–Crippen MR) is 47.4 cm³/mol. The second-order valence-electron chi connectivity index (χ2n) is 2.33. The zero-order valence-electron chi connectivity index (χ0n) is 7.63. The molecule has 0 radical (unpaired) electrons. The summed E-state index contributed by atoms with van der Waals surface area (Å²) in [5.41, 5.74) is 0. The third-order valence-electron chi connectivity index (χ3n) is 1.42. The molecular formula is C7H18O3Si. The lowest BCUT2D eigenvalue weighted by molar-refractivity contribution is -0.121. The summed E-state index contributed by atoms with van der Waals surface area (Å²) in [5, 5.41) is 0. The van der Waals surface area contributed by atoms with E-state index < -0.39 is 0 Å². The van der Waals surface area contributed by atoms with Gasteiger partial charge in [0.15, 0.2) is 16.1 Å². The Labute approximate surface area is 71.0 Å². The smallest absolute Gasteiger partial charge is 0.178 e. The van der Waals surface area contributed by atoms with Gasteiger partial charge in [0, 0.05) is 14.2 Å². The van der Waals surface area contributed by atoms with Crippen molar-refractivity contribution in [1.82, 2.24) is 0 Å². The third-order valence-corrected chi connectivity index (χ3v) is 2.94. The Bertz CT molecular complexity index is 76.1. The van der Waals surface area contributed by atoms with E-state index in [9.17, 15) is 0 Å². The second-order valence-corrected chi connectivity index (χ2v) is 3.85. The predicted octanol–water partition coefficient (Wildman–Crippen LogP) is 0.534. The topological polar surface area (TPSA) is 27.7 Å². The molecule has 0 rings (SSSR count). The van der Waals surface area contributed by atoms with Gasteiger partial charge in [-0.3, -0.25) is 0 Å². The molecule has 0 aromatic rings. The maximum atomic E-state index is 5.41. The van der Waals surface area contributed by atoms with E-state index in [0.717, 1.165) is 0 Å². The van der Waals surface area contributed by atoms with E-state index in [4.69, 9.17) is 13.9 Å². The Kier molecular flexibility index (Phi) is 8.27. The number of methoxy groups -OCH3 is 2. The average molecular weight is 178 g/mol. The van der Waals surface area contributed by atoms with Gasteiger partial charge in [-0.2, -0.15) is 0 Å². The minimum absolute atomic E-state index is 0.181. The maximum Gasteiger partial charge on any atom is 0.178 e. The highest BCUT2D eigenvalue weighted by molar-refractivity contribution is 6.26. The highest BCUT2D eigenvalue weighted by atomic mass is 28.2. The minimum Gasteiger partial charge on any atom is -0.419 e. The molecule has 0 atom stereocenters. The molecule has 0 N–H and O–H groups in total. The molecule has 3 nitrogen and oxygen atoms in total. The molecule has 68 valence electrons. The summed E-state index contributed by atoms with van der Waals surface area (Å²) in [6.07, 6.45) is 1.04. The van der Waals surface area contributed by atoms with Crippen molar-refractivity contribution in [3.8, 4) is 0 Å². The maximum absolute atomic E-state index is 5.41. The molecule has 0 spiro atoms. The normalized spacial score (nSPS) is 12.0. The molecular weight excluding hydrogens is 160 g/mol. The molecule has 0 aromatic heterocycles. The number of hydrogen-bond donors (Lipinski definition) is 0. The fourth-order valence-electron chi connectivity index (χ4n) is 0.658. The second kappa shape index (κ2) is 8.20. The van der Waals surface area contributed by atoms with Gasteiger partial charge in [0.25, 0.3) is 0 Å². The van der Waals surface area contributed by atoms with Gasteiger partial charge < -0.3 is 13.9 Å². The van der Waals surface area contributed by atoms with Gasteiger partial charge in [-0.15, -0.1) is 0 Å². The summed E-state index contributed by atoms with van der Waals surface area (Å²) in [5.74, 6) is 0. The summed E-state index contributed by atoms with van der Waals surface area (Å²) in [4.78, 5) is 0. The number of ether oxygens (including phenoxy) is 2. The molecule has 0 aliphatic carbocycles. The van der Waals surface area contributed by atoms with Gasteiger partial charge in [-0.1, -0.05) is 13.3 Å². The largest absolute Gasteiger partial charge is 0.419 e. The molecule has 0 amide bonds. The minimum atomic E-state index is -0.310. The molecule has 0 heterocycles. The molecule has 4 heteroatoms. The molecule has 0 fully saturated rings. The van der Waals surface area contributed by atoms with Crippen LogP contribution < -0.4 is 0 Å². The van der Waals surface area contributed by atoms with E-state index in [0.29, 0.717) is 6.61 Å². The van der Waals surface area contributed by atoms with Crippen LogP contribution in [0.2, 0.25) is 6.04 Å². The summed E-state index contributed by atoms with van der Waals surface area (Å²) in [6.45, 7) is 2.75. The van der Waals surface area contributed by atoms with Crippen LogP contribution in [-0.2, 0) is 13.9 Å². The van der Waals surface area contributed by atoms with Crippen LogP contribution in [0.4, 0.5) is 0 Å². The van der Waals surface area contributed by atoms with E-state index in [2.05, 4.69) is 6.92 Å². The first kappa shape index (κ1) is 11.1. The first-order chi connectivity index (χ1) is 5.35. The van der Waals surface area contributed by atoms with E-state index >= 15 is 0 Å².